The number of aliphatic hydroxyl groups is 1. The van der Waals surface area contributed by atoms with Crippen molar-refractivity contribution in [3.05, 3.63) is 30.0 Å². The van der Waals surface area contributed by atoms with Crippen molar-refractivity contribution >= 4 is 34.4 Å². The lowest BCUT2D eigenvalue weighted by atomic mass is 9.92. The normalized spacial score (nSPS) is 18.0. The zero-order chi connectivity index (χ0) is 24.0. The van der Waals surface area contributed by atoms with Gasteiger partial charge in [0.25, 0.3) is 5.91 Å². The number of hydrogen-bond acceptors (Lipinski definition) is 6. The van der Waals surface area contributed by atoms with Gasteiger partial charge in [0, 0.05) is 23.4 Å². The molecule has 0 saturated carbocycles. The van der Waals surface area contributed by atoms with Gasteiger partial charge in [-0.25, -0.2) is 0 Å². The summed E-state index contributed by atoms with van der Waals surface area (Å²) < 4.78 is 5.30. The SMILES string of the molecule is COc1cccc2[nH]c(C(=O)NC(C)C(=O)N[C@@H](C[C@@H]3CCCCNC3=O)C(=O)CO)cc12. The molecule has 1 fully saturated rings. The number of H-pyrrole nitrogens is 1. The second-order valence-electron chi connectivity index (χ2n) is 8.20. The highest BCUT2D eigenvalue weighted by Gasteiger charge is 2.30. The van der Waals surface area contributed by atoms with E-state index in [2.05, 4.69) is 20.9 Å². The van der Waals surface area contributed by atoms with Gasteiger partial charge in [-0.1, -0.05) is 12.5 Å². The minimum atomic E-state index is -1.02. The standard InChI is InChI=1S/C23H30N4O6/c1-13(25-23(32)18-11-15-16(26-18)7-5-8-20(15)33-2)21(30)27-17(19(29)12-28)10-14-6-3-4-9-24-22(14)31/h5,7-8,11,13-14,17,26,28H,3-4,6,9-10,12H2,1-2H3,(H,24,31)(H,25,32)(H,27,30)/t13?,14-,17-/m0/s1. The molecular weight excluding hydrogens is 428 g/mol. The number of ether oxygens (including phenoxy) is 1. The van der Waals surface area contributed by atoms with Crippen molar-refractivity contribution in [2.45, 2.75) is 44.7 Å². The first-order valence-electron chi connectivity index (χ1n) is 11.0. The van der Waals surface area contributed by atoms with Crippen molar-refractivity contribution in [3.63, 3.8) is 0 Å². The van der Waals surface area contributed by atoms with E-state index in [0.29, 0.717) is 24.2 Å². The van der Waals surface area contributed by atoms with Crippen LogP contribution in [0.2, 0.25) is 0 Å². The van der Waals surface area contributed by atoms with Gasteiger partial charge in [-0.15, -0.1) is 0 Å². The molecule has 5 N–H and O–H groups in total. The van der Waals surface area contributed by atoms with Gasteiger partial charge >= 0.3 is 0 Å². The molecule has 0 spiro atoms. The van der Waals surface area contributed by atoms with Crippen LogP contribution in [0.3, 0.4) is 0 Å². The Morgan fingerprint density at radius 2 is 2.03 bits per heavy atom. The lowest BCUT2D eigenvalue weighted by molar-refractivity contribution is -0.131. The molecule has 3 rings (SSSR count). The second-order valence-corrected chi connectivity index (χ2v) is 8.20. The molecule has 2 aromatic rings. The molecule has 1 unspecified atom stereocenters. The number of ketones is 1. The minimum absolute atomic E-state index is 0.0967. The van der Waals surface area contributed by atoms with Crippen LogP contribution in [0.4, 0.5) is 0 Å². The summed E-state index contributed by atoms with van der Waals surface area (Å²) in [6.07, 6.45) is 2.39. The Hall–Kier alpha value is -3.40. The summed E-state index contributed by atoms with van der Waals surface area (Å²) >= 11 is 0. The van der Waals surface area contributed by atoms with Gasteiger partial charge < -0.3 is 30.8 Å². The molecule has 1 aromatic carbocycles. The number of benzene rings is 1. The molecule has 2 heterocycles. The van der Waals surface area contributed by atoms with E-state index in [0.717, 1.165) is 18.2 Å². The van der Waals surface area contributed by atoms with E-state index in [9.17, 15) is 24.3 Å². The Bertz CT molecular complexity index is 1030. The number of carbonyl (C=O) groups excluding carboxylic acids is 4. The monoisotopic (exact) mass is 458 g/mol. The van der Waals surface area contributed by atoms with Crippen LogP contribution in [0.15, 0.2) is 24.3 Å². The highest BCUT2D eigenvalue weighted by atomic mass is 16.5. The number of aliphatic hydroxyl groups excluding tert-OH is 1. The first-order valence-corrected chi connectivity index (χ1v) is 11.0. The molecule has 0 bridgehead atoms. The van der Waals surface area contributed by atoms with Crippen LogP contribution in [0, 0.1) is 5.92 Å². The lowest BCUT2D eigenvalue weighted by Gasteiger charge is -2.23. The Kier molecular flexibility index (Phi) is 8.05. The molecule has 0 radical (unpaired) electrons. The van der Waals surface area contributed by atoms with Gasteiger partial charge in [-0.2, -0.15) is 0 Å². The van der Waals surface area contributed by atoms with Crippen LogP contribution < -0.4 is 20.7 Å². The summed E-state index contributed by atoms with van der Waals surface area (Å²) in [6, 6.07) is 5.04. The Labute approximate surface area is 191 Å². The molecule has 3 amide bonds. The van der Waals surface area contributed by atoms with E-state index >= 15 is 0 Å². The first-order chi connectivity index (χ1) is 15.8. The molecule has 1 aliphatic rings. The van der Waals surface area contributed by atoms with E-state index in [1.807, 2.05) is 0 Å². The number of amides is 3. The maximum Gasteiger partial charge on any atom is 0.268 e. The van der Waals surface area contributed by atoms with E-state index in [1.54, 1.807) is 24.3 Å². The van der Waals surface area contributed by atoms with Gasteiger partial charge in [0.1, 0.15) is 24.1 Å². The van der Waals surface area contributed by atoms with Crippen LogP contribution in [0.25, 0.3) is 10.9 Å². The number of aromatic nitrogens is 1. The molecule has 1 aromatic heterocycles. The molecule has 33 heavy (non-hydrogen) atoms. The van der Waals surface area contributed by atoms with Gasteiger partial charge in [-0.05, 0) is 44.4 Å². The fourth-order valence-corrected chi connectivity index (χ4v) is 3.96. The molecule has 0 aliphatic carbocycles. The first kappa shape index (κ1) is 24.2. The van der Waals surface area contributed by atoms with Crippen molar-refractivity contribution in [2.24, 2.45) is 5.92 Å². The number of fused-ring (bicyclic) bond motifs is 1. The summed E-state index contributed by atoms with van der Waals surface area (Å²) in [5.41, 5.74) is 0.971. The molecular formula is C23H30N4O6. The van der Waals surface area contributed by atoms with Gasteiger partial charge in [0.2, 0.25) is 11.8 Å². The number of aromatic amines is 1. The smallest absolute Gasteiger partial charge is 0.268 e. The maximum atomic E-state index is 12.7. The number of carbonyl (C=O) groups is 4. The van der Waals surface area contributed by atoms with E-state index in [4.69, 9.17) is 4.74 Å². The minimum Gasteiger partial charge on any atom is -0.496 e. The van der Waals surface area contributed by atoms with Crippen molar-refractivity contribution in [1.29, 1.82) is 0 Å². The van der Waals surface area contributed by atoms with Gasteiger partial charge in [0.05, 0.1) is 13.2 Å². The maximum absolute atomic E-state index is 12.7. The van der Waals surface area contributed by atoms with Crippen LogP contribution in [0.5, 0.6) is 5.75 Å². The van der Waals surface area contributed by atoms with Crippen molar-refractivity contribution in [1.82, 2.24) is 20.9 Å². The lowest BCUT2D eigenvalue weighted by Crippen LogP contribution is -2.52. The van der Waals surface area contributed by atoms with E-state index in [1.165, 1.54) is 14.0 Å². The van der Waals surface area contributed by atoms with Gasteiger partial charge in [-0.3, -0.25) is 19.2 Å². The highest BCUT2D eigenvalue weighted by molar-refractivity contribution is 6.01. The molecule has 178 valence electrons. The average Bonchev–Trinajstić information content (AvgIpc) is 3.16. The summed E-state index contributed by atoms with van der Waals surface area (Å²) in [5.74, 6) is -1.64. The fourth-order valence-electron chi connectivity index (χ4n) is 3.96. The predicted molar refractivity (Wildman–Crippen MR) is 121 cm³/mol. The van der Waals surface area contributed by atoms with Gasteiger partial charge in [0.15, 0.2) is 5.78 Å². The Morgan fingerprint density at radius 1 is 1.24 bits per heavy atom. The quantitative estimate of drug-likeness (QED) is 0.372. The largest absolute Gasteiger partial charge is 0.496 e. The van der Waals surface area contributed by atoms with Crippen LogP contribution in [0.1, 0.15) is 43.1 Å². The molecule has 1 saturated heterocycles. The fraction of sp³-hybridized carbons (Fsp3) is 0.478. The summed E-state index contributed by atoms with van der Waals surface area (Å²) in [6.45, 7) is 1.33. The summed E-state index contributed by atoms with van der Waals surface area (Å²) in [7, 11) is 1.54. The molecule has 3 atom stereocenters. The summed E-state index contributed by atoms with van der Waals surface area (Å²) in [5, 5.41) is 18.1. The number of nitrogens with one attached hydrogen (secondary N) is 4. The van der Waals surface area contributed by atoms with Crippen molar-refractivity contribution in [2.75, 3.05) is 20.3 Å². The van der Waals surface area contributed by atoms with Crippen LogP contribution >= 0.6 is 0 Å². The third-order valence-corrected chi connectivity index (χ3v) is 5.86. The predicted octanol–water partition coefficient (Wildman–Crippen LogP) is 0.647. The highest BCUT2D eigenvalue weighted by Crippen LogP contribution is 2.26. The van der Waals surface area contributed by atoms with Crippen molar-refractivity contribution < 1.29 is 29.0 Å². The molecule has 10 nitrogen and oxygen atoms in total. The van der Waals surface area contributed by atoms with Crippen molar-refractivity contribution in [3.8, 4) is 5.75 Å². The Balaban J connectivity index is 1.65. The third-order valence-electron chi connectivity index (χ3n) is 5.86. The second kappa shape index (κ2) is 11.0. The number of Topliss-reactive ketones (excluding diaryl/α,β-unsaturated/α-hetero) is 1. The molecule has 10 heteroatoms. The van der Waals surface area contributed by atoms with E-state index in [-0.39, 0.29) is 18.0 Å². The molecule has 1 aliphatic heterocycles. The zero-order valence-corrected chi connectivity index (χ0v) is 18.8. The van der Waals surface area contributed by atoms with Crippen LogP contribution in [-0.4, -0.2) is 65.9 Å². The zero-order valence-electron chi connectivity index (χ0n) is 18.8. The Morgan fingerprint density at radius 3 is 2.76 bits per heavy atom. The number of hydrogen-bond donors (Lipinski definition) is 5. The van der Waals surface area contributed by atoms with Crippen LogP contribution in [-0.2, 0) is 14.4 Å². The number of methoxy groups -OCH3 is 1. The summed E-state index contributed by atoms with van der Waals surface area (Å²) in [4.78, 5) is 52.9. The third kappa shape index (κ3) is 5.89. The average molecular weight is 459 g/mol. The topological polar surface area (TPSA) is 150 Å². The van der Waals surface area contributed by atoms with E-state index < -0.39 is 42.2 Å². The number of rotatable bonds is 9.